The van der Waals surface area contributed by atoms with Gasteiger partial charge in [0.05, 0.1) is 42.7 Å². The number of nitrogens with one attached hydrogen (secondary N) is 1. The molecule has 0 radical (unpaired) electrons. The van der Waals surface area contributed by atoms with Crippen molar-refractivity contribution < 1.29 is 19.0 Å². The number of benzene rings is 3. The number of aromatic nitrogens is 2. The van der Waals surface area contributed by atoms with Gasteiger partial charge in [0.25, 0.3) is 5.56 Å². The molecule has 0 unspecified atom stereocenters. The topological polar surface area (TPSA) is 94.9 Å². The predicted molar refractivity (Wildman–Crippen MR) is 164 cm³/mol. The van der Waals surface area contributed by atoms with E-state index in [0.29, 0.717) is 32.1 Å². The predicted octanol–water partition coefficient (Wildman–Crippen LogP) is 4.74. The number of thiazole rings is 1. The molecule has 1 atom stereocenters. The summed E-state index contributed by atoms with van der Waals surface area (Å²) in [4.78, 5) is 36.8. The highest BCUT2D eigenvalue weighted by molar-refractivity contribution is 7.07. The first kappa shape index (κ1) is 27.3. The summed E-state index contributed by atoms with van der Waals surface area (Å²) in [6.07, 6.45) is 1.90. The van der Waals surface area contributed by atoms with Crippen molar-refractivity contribution in [3.8, 4) is 11.5 Å². The first-order chi connectivity index (χ1) is 20.4. The summed E-state index contributed by atoms with van der Waals surface area (Å²) >= 11 is 1.29. The molecule has 1 aliphatic rings. The minimum absolute atomic E-state index is 0.174. The molecule has 1 N–H and O–H groups in total. The van der Waals surface area contributed by atoms with Crippen molar-refractivity contribution in [2.24, 2.45) is 4.99 Å². The van der Waals surface area contributed by atoms with Crippen molar-refractivity contribution in [3.63, 3.8) is 0 Å². The number of carbonyl (C=O) groups excluding carboxylic acids is 1. The van der Waals surface area contributed by atoms with Gasteiger partial charge in [-0.1, -0.05) is 65.9 Å². The third-order valence-corrected chi connectivity index (χ3v) is 8.30. The van der Waals surface area contributed by atoms with Crippen LogP contribution < -0.4 is 24.4 Å². The van der Waals surface area contributed by atoms with Gasteiger partial charge in [0.2, 0.25) is 0 Å². The van der Waals surface area contributed by atoms with Crippen LogP contribution in [0, 0.1) is 6.92 Å². The van der Waals surface area contributed by atoms with Crippen LogP contribution in [0.1, 0.15) is 35.3 Å². The zero-order chi connectivity index (χ0) is 29.4. The third-order valence-electron chi connectivity index (χ3n) is 7.32. The SMILES string of the molecule is CCOC(=O)C1=C(c2ccccc2)N=c2s/c(=C\c3c(C)[nH]c4ccccc34)c(=O)n2[C@H]1c1ccc(OC)c(OC)c1. The largest absolute Gasteiger partial charge is 0.493 e. The minimum atomic E-state index is -0.818. The van der Waals surface area contributed by atoms with E-state index >= 15 is 0 Å². The lowest BCUT2D eigenvalue weighted by molar-refractivity contribution is -0.138. The number of aryl methyl sites for hydroxylation is 1. The van der Waals surface area contributed by atoms with E-state index in [0.717, 1.165) is 27.7 Å². The molecule has 42 heavy (non-hydrogen) atoms. The molecule has 8 nitrogen and oxygen atoms in total. The normalized spacial score (nSPS) is 15.0. The fourth-order valence-electron chi connectivity index (χ4n) is 5.39. The second-order valence-corrected chi connectivity index (χ2v) is 10.8. The van der Waals surface area contributed by atoms with Gasteiger partial charge < -0.3 is 19.2 Å². The number of H-pyrrole nitrogens is 1. The number of ether oxygens (including phenoxy) is 3. The molecule has 0 amide bonds. The average molecular weight is 580 g/mol. The van der Waals surface area contributed by atoms with E-state index in [1.165, 1.54) is 11.3 Å². The Morgan fingerprint density at radius 3 is 2.50 bits per heavy atom. The Bertz CT molecular complexity index is 2040. The van der Waals surface area contributed by atoms with Crippen LogP contribution in [0.3, 0.4) is 0 Å². The van der Waals surface area contributed by atoms with Gasteiger partial charge in [-0.2, -0.15) is 0 Å². The molecular weight excluding hydrogens is 550 g/mol. The van der Waals surface area contributed by atoms with Gasteiger partial charge in [-0.25, -0.2) is 9.79 Å². The Labute approximate surface area is 245 Å². The van der Waals surface area contributed by atoms with Crippen molar-refractivity contribution >= 4 is 40.0 Å². The number of para-hydroxylation sites is 1. The van der Waals surface area contributed by atoms with Crippen LogP contribution in [0.25, 0.3) is 22.7 Å². The summed E-state index contributed by atoms with van der Waals surface area (Å²) in [7, 11) is 3.11. The number of nitrogens with zero attached hydrogens (tertiary/aromatic N) is 2. The van der Waals surface area contributed by atoms with Crippen molar-refractivity contribution in [1.29, 1.82) is 0 Å². The summed E-state index contributed by atoms with van der Waals surface area (Å²) in [5.41, 5.74) is 4.78. The van der Waals surface area contributed by atoms with Crippen LogP contribution in [0.5, 0.6) is 11.5 Å². The lowest BCUT2D eigenvalue weighted by Gasteiger charge is -2.26. The molecule has 0 aliphatic carbocycles. The Kier molecular flexibility index (Phi) is 7.26. The molecular formula is C33H29N3O5S. The van der Waals surface area contributed by atoms with Crippen molar-refractivity contribution in [3.05, 3.63) is 120 Å². The lowest BCUT2D eigenvalue weighted by atomic mass is 9.93. The number of methoxy groups -OCH3 is 2. The highest BCUT2D eigenvalue weighted by atomic mass is 32.1. The molecule has 3 heterocycles. The van der Waals surface area contributed by atoms with E-state index in [1.54, 1.807) is 37.8 Å². The molecule has 6 rings (SSSR count). The maximum absolute atomic E-state index is 14.3. The molecule has 0 fully saturated rings. The van der Waals surface area contributed by atoms with Gasteiger partial charge in [-0.05, 0) is 43.7 Å². The maximum atomic E-state index is 14.3. The smallest absolute Gasteiger partial charge is 0.338 e. The fourth-order valence-corrected chi connectivity index (χ4v) is 6.38. The second-order valence-electron chi connectivity index (χ2n) is 9.76. The van der Waals surface area contributed by atoms with Gasteiger partial charge in [0.1, 0.15) is 0 Å². The molecule has 212 valence electrons. The van der Waals surface area contributed by atoms with Crippen LogP contribution in [-0.2, 0) is 9.53 Å². The van der Waals surface area contributed by atoms with Gasteiger partial charge >= 0.3 is 5.97 Å². The molecule has 0 saturated heterocycles. The molecule has 5 aromatic rings. The Morgan fingerprint density at radius 1 is 1.02 bits per heavy atom. The highest BCUT2D eigenvalue weighted by Gasteiger charge is 2.35. The quantitative estimate of drug-likeness (QED) is 0.281. The molecule has 1 aliphatic heterocycles. The number of rotatable bonds is 7. The zero-order valence-corrected chi connectivity index (χ0v) is 24.5. The van der Waals surface area contributed by atoms with E-state index in [4.69, 9.17) is 19.2 Å². The first-order valence-electron chi connectivity index (χ1n) is 13.5. The average Bonchev–Trinajstić information content (AvgIpc) is 3.51. The van der Waals surface area contributed by atoms with E-state index < -0.39 is 12.0 Å². The third kappa shape index (κ3) is 4.61. The molecule has 3 aromatic carbocycles. The number of hydrogen-bond donors (Lipinski definition) is 1. The van der Waals surface area contributed by atoms with Crippen LogP contribution >= 0.6 is 11.3 Å². The summed E-state index contributed by atoms with van der Waals surface area (Å²) < 4.78 is 18.7. The van der Waals surface area contributed by atoms with Crippen molar-refractivity contribution in [2.75, 3.05) is 20.8 Å². The van der Waals surface area contributed by atoms with Crippen molar-refractivity contribution in [1.82, 2.24) is 9.55 Å². The molecule has 2 aromatic heterocycles. The van der Waals surface area contributed by atoms with Gasteiger partial charge in [0.15, 0.2) is 16.3 Å². The van der Waals surface area contributed by atoms with Gasteiger partial charge in [-0.15, -0.1) is 0 Å². The molecule has 0 spiro atoms. The summed E-state index contributed by atoms with van der Waals surface area (Å²) in [5, 5.41) is 1.02. The number of aromatic amines is 1. The van der Waals surface area contributed by atoms with Crippen LogP contribution in [0.4, 0.5) is 0 Å². The Morgan fingerprint density at radius 2 is 1.76 bits per heavy atom. The molecule has 9 heteroatoms. The number of carbonyl (C=O) groups is 1. The maximum Gasteiger partial charge on any atom is 0.338 e. The van der Waals surface area contributed by atoms with Crippen LogP contribution in [-0.4, -0.2) is 36.3 Å². The summed E-state index contributed by atoms with van der Waals surface area (Å²) in [5.74, 6) is 0.475. The van der Waals surface area contributed by atoms with E-state index in [1.807, 2.05) is 73.7 Å². The Hall–Kier alpha value is -4.89. The van der Waals surface area contributed by atoms with E-state index in [-0.39, 0.29) is 17.7 Å². The van der Waals surface area contributed by atoms with Crippen LogP contribution in [0.15, 0.2) is 88.2 Å². The Balaban J connectivity index is 1.68. The molecule has 0 bridgehead atoms. The second kappa shape index (κ2) is 11.2. The minimum Gasteiger partial charge on any atom is -0.493 e. The summed E-state index contributed by atoms with van der Waals surface area (Å²) in [6, 6.07) is 22.0. The number of hydrogen-bond acceptors (Lipinski definition) is 7. The zero-order valence-electron chi connectivity index (χ0n) is 23.6. The van der Waals surface area contributed by atoms with E-state index in [2.05, 4.69) is 4.98 Å². The molecule has 0 saturated carbocycles. The van der Waals surface area contributed by atoms with E-state index in [9.17, 15) is 9.59 Å². The number of esters is 1. The summed E-state index contributed by atoms with van der Waals surface area (Å²) in [6.45, 7) is 3.92. The monoisotopic (exact) mass is 579 g/mol. The lowest BCUT2D eigenvalue weighted by Crippen LogP contribution is -2.40. The first-order valence-corrected chi connectivity index (χ1v) is 14.3. The van der Waals surface area contributed by atoms with Crippen molar-refractivity contribution in [2.45, 2.75) is 19.9 Å². The highest BCUT2D eigenvalue weighted by Crippen LogP contribution is 2.38. The van der Waals surface area contributed by atoms with Gasteiger partial charge in [0, 0.05) is 27.7 Å². The number of fused-ring (bicyclic) bond motifs is 2. The fraction of sp³-hybridized carbons (Fsp3) is 0.182. The van der Waals surface area contributed by atoms with Crippen LogP contribution in [0.2, 0.25) is 0 Å². The standard InChI is InChI=1S/C33H29N3O5S/c1-5-41-32(38)28-29(20-11-7-6-8-12-20)35-33-36(30(28)21-15-16-25(39-3)26(17-21)40-4)31(37)27(42-33)18-23-19(2)34-24-14-10-9-13-22(23)24/h6-18,30,34H,5H2,1-4H3/b27-18-/t30-/m0/s1. The van der Waals surface area contributed by atoms with Gasteiger partial charge in [-0.3, -0.25) is 9.36 Å².